The zero-order valence-corrected chi connectivity index (χ0v) is 29.5. The lowest BCUT2D eigenvalue weighted by atomic mass is 9.98. The number of aromatic nitrogens is 3. The first-order valence-corrected chi connectivity index (χ1v) is 18.0. The summed E-state index contributed by atoms with van der Waals surface area (Å²) in [6, 6.07) is 11.8. The van der Waals surface area contributed by atoms with Crippen LogP contribution in [0.5, 0.6) is 5.75 Å². The van der Waals surface area contributed by atoms with Gasteiger partial charge in [0.1, 0.15) is 11.4 Å². The van der Waals surface area contributed by atoms with E-state index in [0.29, 0.717) is 28.7 Å². The molecule has 0 saturated heterocycles. The van der Waals surface area contributed by atoms with Crippen LogP contribution in [-0.2, 0) is 43.2 Å². The summed E-state index contributed by atoms with van der Waals surface area (Å²) in [4.78, 5) is 13.2. The Bertz CT molecular complexity index is 1630. The lowest BCUT2D eigenvalue weighted by Crippen LogP contribution is -2.25. The number of unbranched alkanes of at least 4 members (excludes halogenated alkanes) is 1. The number of hydrogen-bond acceptors (Lipinski definition) is 5. The molecular weight excluding hydrogens is 594 g/mol. The van der Waals surface area contributed by atoms with Gasteiger partial charge in [-0.25, -0.2) is 14.8 Å². The molecule has 0 bridgehead atoms. The minimum atomic E-state index is -0.746. The number of carbonyl (C=O) groups is 1. The van der Waals surface area contributed by atoms with Crippen molar-refractivity contribution in [3.63, 3.8) is 0 Å². The Morgan fingerprint density at radius 2 is 1.66 bits per heavy atom. The fraction of sp³-hybridized carbons (Fsp3) is 0.486. The highest BCUT2D eigenvalue weighted by Crippen LogP contribution is 2.53. The predicted octanol–water partition coefficient (Wildman–Crippen LogP) is 8.24. The average molecular weight is 642 g/mol. The van der Waals surface area contributed by atoms with Gasteiger partial charge in [0, 0.05) is 36.3 Å². The van der Waals surface area contributed by atoms with E-state index in [4.69, 9.17) is 30.9 Å². The number of carbonyl (C=O) groups excluding carboxylic acids is 1. The quantitative estimate of drug-likeness (QED) is 0.115. The molecule has 2 aromatic carbocycles. The van der Waals surface area contributed by atoms with Crippen molar-refractivity contribution in [1.29, 1.82) is 0 Å². The smallest absolute Gasteiger partial charge is 0.354 e. The van der Waals surface area contributed by atoms with Crippen LogP contribution in [0.25, 0.3) is 22.0 Å². The molecule has 9 heteroatoms. The number of esters is 1. The standard InChI is InChI=1S/C35H48ClN3O4S/c1-23-30(29(37-39(23)6)22-43-21-24-14-16-25(41-7)17-15-24)31-28(36)19-18-27-26(33(34(40)42-8)38(5)32(27)31)13-11-12-20-44(9,10)35(2,3)4/h14-19H,11-13,20-22H2,1-10H3. The molecule has 4 rings (SSSR count). The van der Waals surface area contributed by atoms with E-state index >= 15 is 0 Å². The first kappa shape index (κ1) is 33.9. The Morgan fingerprint density at radius 1 is 0.977 bits per heavy atom. The monoisotopic (exact) mass is 641 g/mol. The molecular formula is C35H48ClN3O4S. The predicted molar refractivity (Wildman–Crippen MR) is 185 cm³/mol. The van der Waals surface area contributed by atoms with Crippen LogP contribution in [0.3, 0.4) is 0 Å². The molecule has 240 valence electrons. The minimum absolute atomic E-state index is 0.299. The van der Waals surface area contributed by atoms with Gasteiger partial charge in [0.2, 0.25) is 0 Å². The van der Waals surface area contributed by atoms with Crippen molar-refractivity contribution >= 4 is 38.5 Å². The summed E-state index contributed by atoms with van der Waals surface area (Å²) in [6.07, 6.45) is 7.73. The van der Waals surface area contributed by atoms with E-state index in [1.54, 1.807) is 7.11 Å². The largest absolute Gasteiger partial charge is 0.497 e. The number of benzene rings is 2. The molecule has 0 N–H and O–H groups in total. The van der Waals surface area contributed by atoms with Crippen LogP contribution in [0.15, 0.2) is 36.4 Å². The molecule has 0 aliphatic carbocycles. The highest BCUT2D eigenvalue weighted by molar-refractivity contribution is 8.33. The number of aryl methyl sites for hydroxylation is 3. The van der Waals surface area contributed by atoms with E-state index in [1.165, 1.54) is 12.9 Å². The van der Waals surface area contributed by atoms with Gasteiger partial charge in [-0.3, -0.25) is 4.68 Å². The van der Waals surface area contributed by atoms with Crippen molar-refractivity contribution in [2.75, 3.05) is 32.5 Å². The van der Waals surface area contributed by atoms with Crippen molar-refractivity contribution in [3.8, 4) is 16.9 Å². The molecule has 0 fully saturated rings. The van der Waals surface area contributed by atoms with Crippen LogP contribution < -0.4 is 4.74 Å². The van der Waals surface area contributed by atoms with Crippen molar-refractivity contribution in [1.82, 2.24) is 14.3 Å². The highest BCUT2D eigenvalue weighted by Gasteiger charge is 2.29. The maximum atomic E-state index is 13.2. The summed E-state index contributed by atoms with van der Waals surface area (Å²) >= 11 is 7.00. The topological polar surface area (TPSA) is 67.5 Å². The van der Waals surface area contributed by atoms with Gasteiger partial charge in [0.15, 0.2) is 0 Å². The first-order chi connectivity index (χ1) is 20.7. The maximum Gasteiger partial charge on any atom is 0.354 e. The fourth-order valence-electron chi connectivity index (χ4n) is 5.61. The second kappa shape index (κ2) is 13.6. The zero-order chi connectivity index (χ0) is 32.4. The van der Waals surface area contributed by atoms with E-state index in [1.807, 2.05) is 66.7 Å². The zero-order valence-electron chi connectivity index (χ0n) is 28.0. The second-order valence-electron chi connectivity index (χ2n) is 12.9. The molecule has 2 heterocycles. The van der Waals surface area contributed by atoms with Crippen LogP contribution in [0.1, 0.15) is 66.6 Å². The van der Waals surface area contributed by atoms with E-state index in [-0.39, 0.29) is 5.97 Å². The van der Waals surface area contributed by atoms with Gasteiger partial charge >= 0.3 is 5.97 Å². The third kappa shape index (κ3) is 6.82. The molecule has 0 spiro atoms. The average Bonchev–Trinajstić information content (AvgIpc) is 3.42. The SMILES string of the molecule is COC(=O)c1c(CCCCS(C)(C)C(C)(C)C)c2ccc(Cl)c(-c3c(COCc4ccc(OC)cc4)nn(C)c3C)c2n1C. The lowest BCUT2D eigenvalue weighted by Gasteiger charge is -2.44. The molecule has 0 aliphatic rings. The Hall–Kier alpha value is -2.94. The molecule has 0 aliphatic heterocycles. The Morgan fingerprint density at radius 3 is 2.27 bits per heavy atom. The summed E-state index contributed by atoms with van der Waals surface area (Å²) < 4.78 is 20.8. The van der Waals surface area contributed by atoms with Gasteiger partial charge in [-0.05, 0) is 78.5 Å². The van der Waals surface area contributed by atoms with Crippen LogP contribution >= 0.6 is 21.6 Å². The summed E-state index contributed by atoms with van der Waals surface area (Å²) in [5.41, 5.74) is 7.08. The summed E-state index contributed by atoms with van der Waals surface area (Å²) in [6.45, 7) is 9.80. The molecule has 0 unspecified atom stereocenters. The summed E-state index contributed by atoms with van der Waals surface area (Å²) in [5.74, 6) is 1.66. The second-order valence-corrected chi connectivity index (χ2v) is 18.0. The van der Waals surface area contributed by atoms with Gasteiger partial charge in [0.25, 0.3) is 0 Å². The molecule has 4 aromatic rings. The van der Waals surface area contributed by atoms with Gasteiger partial charge in [-0.1, -0.05) is 50.6 Å². The highest BCUT2D eigenvalue weighted by atomic mass is 35.5. The van der Waals surface area contributed by atoms with Crippen LogP contribution in [-0.4, -0.2) is 57.5 Å². The molecule has 44 heavy (non-hydrogen) atoms. The third-order valence-corrected chi connectivity index (χ3v) is 14.0. The van der Waals surface area contributed by atoms with E-state index < -0.39 is 10.0 Å². The fourth-order valence-corrected chi connectivity index (χ4v) is 7.39. The van der Waals surface area contributed by atoms with Gasteiger partial charge in [0.05, 0.1) is 43.7 Å². The number of nitrogens with zero attached hydrogens (tertiary/aromatic N) is 3. The van der Waals surface area contributed by atoms with Gasteiger partial charge in [-0.15, -0.1) is 0 Å². The first-order valence-electron chi connectivity index (χ1n) is 15.0. The summed E-state index contributed by atoms with van der Waals surface area (Å²) in [7, 11) is 6.20. The van der Waals surface area contributed by atoms with Crippen LogP contribution in [0.2, 0.25) is 5.02 Å². The van der Waals surface area contributed by atoms with E-state index in [0.717, 1.165) is 69.6 Å². The van der Waals surface area contributed by atoms with E-state index in [2.05, 4.69) is 33.3 Å². The number of rotatable bonds is 12. The molecule has 0 saturated carbocycles. The van der Waals surface area contributed by atoms with Crippen molar-refractivity contribution in [2.45, 2.75) is 64.9 Å². The van der Waals surface area contributed by atoms with Crippen molar-refractivity contribution in [2.24, 2.45) is 14.1 Å². The number of methoxy groups -OCH3 is 2. The molecule has 0 amide bonds. The normalized spacial score (nSPS) is 12.6. The third-order valence-electron chi connectivity index (χ3n) is 9.10. The van der Waals surface area contributed by atoms with Crippen LogP contribution in [0, 0.1) is 6.92 Å². The molecule has 0 radical (unpaired) electrons. The van der Waals surface area contributed by atoms with Crippen LogP contribution in [0.4, 0.5) is 0 Å². The maximum absolute atomic E-state index is 13.2. The summed E-state index contributed by atoms with van der Waals surface area (Å²) in [5, 5.41) is 6.44. The number of fused-ring (bicyclic) bond motifs is 1. The Kier molecular flexibility index (Phi) is 10.5. The molecule has 2 aromatic heterocycles. The number of ether oxygens (including phenoxy) is 3. The van der Waals surface area contributed by atoms with Crippen molar-refractivity contribution in [3.05, 3.63) is 69.6 Å². The van der Waals surface area contributed by atoms with E-state index in [9.17, 15) is 4.79 Å². The minimum Gasteiger partial charge on any atom is -0.497 e. The number of halogens is 1. The Balaban J connectivity index is 1.72. The number of hydrogen-bond donors (Lipinski definition) is 0. The van der Waals surface area contributed by atoms with Gasteiger partial charge < -0.3 is 18.8 Å². The molecule has 0 atom stereocenters. The van der Waals surface area contributed by atoms with Gasteiger partial charge in [-0.2, -0.15) is 5.10 Å². The Labute approximate surface area is 269 Å². The van der Waals surface area contributed by atoms with Crippen molar-refractivity contribution < 1.29 is 19.0 Å². The molecule has 7 nitrogen and oxygen atoms in total. The lowest BCUT2D eigenvalue weighted by molar-refractivity contribution is 0.0589.